The average Bonchev–Trinajstić information content (AvgIpc) is 3.08. The molecule has 8 heteroatoms. The van der Waals surface area contributed by atoms with Gasteiger partial charge in [0.1, 0.15) is 11.6 Å². The zero-order chi connectivity index (χ0) is 15.5. The van der Waals surface area contributed by atoms with E-state index in [2.05, 4.69) is 15.6 Å². The van der Waals surface area contributed by atoms with Gasteiger partial charge in [0.25, 0.3) is 0 Å². The van der Waals surface area contributed by atoms with Crippen LogP contribution in [-0.2, 0) is 18.3 Å². The van der Waals surface area contributed by atoms with Crippen molar-refractivity contribution in [2.24, 2.45) is 7.05 Å². The number of nitrogens with zero attached hydrogens (tertiary/aromatic N) is 2. The molecule has 1 amide bonds. The zero-order valence-electron chi connectivity index (χ0n) is 13.5. The molecule has 1 fully saturated rings. The second-order valence-electron chi connectivity index (χ2n) is 5.82. The Kier molecular flexibility index (Phi) is 7.93. The standard InChI is InChI=1S/C16H21FN4O.2ClH/c1-21-14-5-4-11(17)9-13(14)20-15(21)6-8-19-16(22)10-12-3-2-7-18-12;;/h4-5,9,12,18H,2-3,6-8,10H2,1H3,(H,19,22);2*1H. The number of benzene rings is 1. The number of rotatable bonds is 5. The predicted octanol–water partition coefficient (Wildman–Crippen LogP) is 2.36. The van der Waals surface area contributed by atoms with Crippen LogP contribution in [0.5, 0.6) is 0 Å². The van der Waals surface area contributed by atoms with Crippen LogP contribution in [-0.4, -0.2) is 34.6 Å². The van der Waals surface area contributed by atoms with Crippen molar-refractivity contribution in [2.45, 2.75) is 31.7 Å². The molecule has 2 aromatic rings. The molecule has 24 heavy (non-hydrogen) atoms. The molecule has 0 spiro atoms. The lowest BCUT2D eigenvalue weighted by molar-refractivity contribution is -0.121. The summed E-state index contributed by atoms with van der Waals surface area (Å²) in [6.07, 6.45) is 3.39. The lowest BCUT2D eigenvalue weighted by Gasteiger charge is -2.10. The number of hydrogen-bond acceptors (Lipinski definition) is 3. The molecule has 2 N–H and O–H groups in total. The molecule has 1 aromatic carbocycles. The van der Waals surface area contributed by atoms with E-state index in [1.807, 2.05) is 11.6 Å². The Hall–Kier alpha value is -1.37. The number of carbonyl (C=O) groups excluding carboxylic acids is 1. The maximum atomic E-state index is 13.2. The van der Waals surface area contributed by atoms with Crippen molar-refractivity contribution in [3.05, 3.63) is 29.8 Å². The average molecular weight is 377 g/mol. The first-order valence-electron chi connectivity index (χ1n) is 7.74. The minimum atomic E-state index is -0.283. The van der Waals surface area contributed by atoms with E-state index < -0.39 is 0 Å². The van der Waals surface area contributed by atoms with Gasteiger partial charge in [0.15, 0.2) is 0 Å². The molecular formula is C16H23Cl2FN4O. The largest absolute Gasteiger partial charge is 0.356 e. The Balaban J connectivity index is 0.00000144. The zero-order valence-corrected chi connectivity index (χ0v) is 15.2. The van der Waals surface area contributed by atoms with Crippen LogP contribution in [0.1, 0.15) is 25.1 Å². The molecule has 0 radical (unpaired) electrons. The van der Waals surface area contributed by atoms with Gasteiger partial charge < -0.3 is 15.2 Å². The molecule has 0 aliphatic carbocycles. The van der Waals surface area contributed by atoms with Gasteiger partial charge in [0, 0.05) is 38.5 Å². The topological polar surface area (TPSA) is 59.0 Å². The molecule has 1 aromatic heterocycles. The lowest BCUT2D eigenvalue weighted by atomic mass is 10.1. The van der Waals surface area contributed by atoms with E-state index in [4.69, 9.17) is 0 Å². The summed E-state index contributed by atoms with van der Waals surface area (Å²) in [5, 5.41) is 6.25. The van der Waals surface area contributed by atoms with Crippen molar-refractivity contribution in [2.75, 3.05) is 13.1 Å². The Morgan fingerprint density at radius 3 is 2.96 bits per heavy atom. The minimum Gasteiger partial charge on any atom is -0.356 e. The Bertz CT molecular complexity index is 686. The Morgan fingerprint density at radius 2 is 2.25 bits per heavy atom. The van der Waals surface area contributed by atoms with Crippen LogP contribution in [0.4, 0.5) is 4.39 Å². The van der Waals surface area contributed by atoms with Crippen LogP contribution >= 0.6 is 24.8 Å². The number of amides is 1. The third kappa shape index (κ3) is 4.82. The summed E-state index contributed by atoms with van der Waals surface area (Å²) >= 11 is 0. The summed E-state index contributed by atoms with van der Waals surface area (Å²) in [6, 6.07) is 4.91. The fourth-order valence-corrected chi connectivity index (χ4v) is 2.99. The van der Waals surface area contributed by atoms with E-state index in [-0.39, 0.29) is 36.5 Å². The molecule has 0 saturated carbocycles. The molecule has 5 nitrogen and oxygen atoms in total. The maximum absolute atomic E-state index is 13.2. The van der Waals surface area contributed by atoms with E-state index in [1.165, 1.54) is 12.1 Å². The third-order valence-corrected chi connectivity index (χ3v) is 4.20. The number of aromatic nitrogens is 2. The Morgan fingerprint density at radius 1 is 1.46 bits per heavy atom. The molecule has 134 valence electrons. The van der Waals surface area contributed by atoms with Crippen molar-refractivity contribution in [1.29, 1.82) is 0 Å². The summed E-state index contributed by atoms with van der Waals surface area (Å²) in [7, 11) is 1.91. The van der Waals surface area contributed by atoms with Crippen LogP contribution in [0.3, 0.4) is 0 Å². The fraction of sp³-hybridized carbons (Fsp3) is 0.500. The number of carbonyl (C=O) groups is 1. The second kappa shape index (κ2) is 9.20. The SMILES string of the molecule is Cl.Cl.Cn1c(CCNC(=O)CC2CCCN2)nc2cc(F)ccc21. The fourth-order valence-electron chi connectivity index (χ4n) is 2.99. The van der Waals surface area contributed by atoms with Crippen molar-refractivity contribution >= 4 is 41.8 Å². The van der Waals surface area contributed by atoms with E-state index in [0.717, 1.165) is 30.7 Å². The number of aryl methyl sites for hydroxylation is 1. The van der Waals surface area contributed by atoms with Crippen LogP contribution in [0.2, 0.25) is 0 Å². The molecule has 1 atom stereocenters. The molecule has 3 rings (SSSR count). The molecular weight excluding hydrogens is 354 g/mol. The number of nitrogens with one attached hydrogen (secondary N) is 2. The first-order valence-corrected chi connectivity index (χ1v) is 7.74. The van der Waals surface area contributed by atoms with Gasteiger partial charge in [0.05, 0.1) is 11.0 Å². The molecule has 0 bridgehead atoms. The van der Waals surface area contributed by atoms with Gasteiger partial charge in [0.2, 0.25) is 5.91 Å². The number of hydrogen-bond donors (Lipinski definition) is 2. The first kappa shape index (κ1) is 20.7. The summed E-state index contributed by atoms with van der Waals surface area (Å²) < 4.78 is 15.2. The highest BCUT2D eigenvalue weighted by Gasteiger charge is 2.17. The first-order chi connectivity index (χ1) is 10.6. The molecule has 1 unspecified atom stereocenters. The molecule has 2 heterocycles. The highest BCUT2D eigenvalue weighted by molar-refractivity contribution is 5.85. The van der Waals surface area contributed by atoms with Crippen LogP contribution in [0.25, 0.3) is 11.0 Å². The maximum Gasteiger partial charge on any atom is 0.221 e. The van der Waals surface area contributed by atoms with Crippen molar-refractivity contribution < 1.29 is 9.18 Å². The monoisotopic (exact) mass is 376 g/mol. The van der Waals surface area contributed by atoms with Gasteiger partial charge in [-0.15, -0.1) is 24.8 Å². The van der Waals surface area contributed by atoms with E-state index in [9.17, 15) is 9.18 Å². The summed E-state index contributed by atoms with van der Waals surface area (Å²) in [6.45, 7) is 1.56. The molecule has 1 aliphatic rings. The highest BCUT2D eigenvalue weighted by atomic mass is 35.5. The summed E-state index contributed by atoms with van der Waals surface area (Å²) in [5.74, 6) is 0.638. The highest BCUT2D eigenvalue weighted by Crippen LogP contribution is 2.16. The quantitative estimate of drug-likeness (QED) is 0.841. The Labute approximate surface area is 153 Å². The van der Waals surface area contributed by atoms with Crippen LogP contribution in [0, 0.1) is 5.82 Å². The number of fused-ring (bicyclic) bond motifs is 1. The normalized spacial score (nSPS) is 16.5. The predicted molar refractivity (Wildman–Crippen MR) is 97.5 cm³/mol. The third-order valence-electron chi connectivity index (χ3n) is 4.20. The molecule has 1 aliphatic heterocycles. The smallest absolute Gasteiger partial charge is 0.221 e. The summed E-state index contributed by atoms with van der Waals surface area (Å²) in [4.78, 5) is 16.3. The van der Waals surface area contributed by atoms with E-state index in [0.29, 0.717) is 30.9 Å². The van der Waals surface area contributed by atoms with Gasteiger partial charge in [-0.3, -0.25) is 4.79 Å². The van der Waals surface area contributed by atoms with Gasteiger partial charge in [-0.2, -0.15) is 0 Å². The van der Waals surface area contributed by atoms with Crippen molar-refractivity contribution in [3.8, 4) is 0 Å². The van der Waals surface area contributed by atoms with Crippen molar-refractivity contribution in [3.63, 3.8) is 0 Å². The number of imidazole rings is 1. The van der Waals surface area contributed by atoms with Crippen molar-refractivity contribution in [1.82, 2.24) is 20.2 Å². The second-order valence-corrected chi connectivity index (χ2v) is 5.82. The number of halogens is 3. The van der Waals surface area contributed by atoms with E-state index in [1.54, 1.807) is 6.07 Å². The van der Waals surface area contributed by atoms with Gasteiger partial charge in [-0.1, -0.05) is 0 Å². The summed E-state index contributed by atoms with van der Waals surface area (Å²) in [5.41, 5.74) is 1.55. The molecule has 1 saturated heterocycles. The van der Waals surface area contributed by atoms with Gasteiger partial charge in [-0.05, 0) is 31.5 Å². The van der Waals surface area contributed by atoms with Crippen LogP contribution in [0.15, 0.2) is 18.2 Å². The lowest BCUT2D eigenvalue weighted by Crippen LogP contribution is -2.33. The van der Waals surface area contributed by atoms with Gasteiger partial charge in [-0.25, -0.2) is 9.37 Å². The van der Waals surface area contributed by atoms with Crippen LogP contribution < -0.4 is 10.6 Å². The van der Waals surface area contributed by atoms with Gasteiger partial charge >= 0.3 is 0 Å². The van der Waals surface area contributed by atoms with E-state index >= 15 is 0 Å². The minimum absolute atomic E-state index is 0.